The molecule has 0 bridgehead atoms. The number of ketones is 1. The van der Waals surface area contributed by atoms with Crippen molar-refractivity contribution in [1.82, 2.24) is 9.80 Å². The summed E-state index contributed by atoms with van der Waals surface area (Å²) in [7, 11) is 4.06. The molecule has 5 fully saturated rings. The van der Waals surface area contributed by atoms with Crippen LogP contribution in [-0.4, -0.2) is 89.6 Å². The molecule has 0 spiro atoms. The van der Waals surface area contributed by atoms with Crippen molar-refractivity contribution in [3.8, 4) is 0 Å². The summed E-state index contributed by atoms with van der Waals surface area (Å²) in [6.45, 7) is 21.2. The van der Waals surface area contributed by atoms with E-state index in [2.05, 4.69) is 53.4 Å². The lowest BCUT2D eigenvalue weighted by molar-refractivity contribution is -0.235. The van der Waals surface area contributed by atoms with E-state index in [0.29, 0.717) is 24.8 Å². The third-order valence-electron chi connectivity index (χ3n) is 18.0. The molecule has 2 N–H and O–H groups in total. The summed E-state index contributed by atoms with van der Waals surface area (Å²) in [4.78, 5) is 57.5. The second-order valence-electron chi connectivity index (χ2n) is 22.5. The third-order valence-corrected chi connectivity index (χ3v) is 18.0. The van der Waals surface area contributed by atoms with Crippen molar-refractivity contribution in [3.63, 3.8) is 0 Å². The van der Waals surface area contributed by atoms with E-state index >= 15 is 0 Å². The average Bonchev–Trinajstić information content (AvgIpc) is 3.44. The molecule has 6 aliphatic carbocycles. The second-order valence-corrected chi connectivity index (χ2v) is 22.5. The number of fused-ring (bicyclic) bond motifs is 7. The van der Waals surface area contributed by atoms with Gasteiger partial charge in [0.2, 0.25) is 5.91 Å². The highest BCUT2D eigenvalue weighted by molar-refractivity contribution is 6.00. The highest BCUT2D eigenvalue weighted by Gasteiger charge is 2.71. The van der Waals surface area contributed by atoms with Crippen LogP contribution in [0.3, 0.4) is 0 Å². The summed E-state index contributed by atoms with van der Waals surface area (Å²) in [5, 5.41) is 22.3. The Balaban J connectivity index is 1.29. The number of carboxylic acid groups (broad SMARTS) is 1. The predicted octanol–water partition coefficient (Wildman–Crippen LogP) is 8.71. The van der Waals surface area contributed by atoms with Crippen LogP contribution in [0.5, 0.6) is 0 Å². The van der Waals surface area contributed by atoms with Crippen LogP contribution in [0.1, 0.15) is 159 Å². The van der Waals surface area contributed by atoms with E-state index in [1.54, 1.807) is 13.8 Å². The van der Waals surface area contributed by atoms with Crippen molar-refractivity contribution in [2.75, 3.05) is 33.7 Å². The maximum Gasteiger partial charge on any atom is 0.309 e. The first-order valence-electron chi connectivity index (χ1n) is 22.8. The molecule has 0 saturated heterocycles. The van der Waals surface area contributed by atoms with Crippen LogP contribution in [-0.2, 0) is 23.9 Å². The summed E-state index contributed by atoms with van der Waals surface area (Å²) in [6.07, 6.45) is 11.9. The van der Waals surface area contributed by atoms with E-state index in [-0.39, 0.29) is 70.2 Å². The Kier molecular flexibility index (Phi) is 12.2. The van der Waals surface area contributed by atoms with Gasteiger partial charge in [0.05, 0.1) is 17.9 Å². The van der Waals surface area contributed by atoms with Gasteiger partial charge in [-0.25, -0.2) is 0 Å². The molecule has 9 heteroatoms. The molecule has 9 nitrogen and oxygen atoms in total. The number of ether oxygens (including phenoxy) is 1. The van der Waals surface area contributed by atoms with Crippen LogP contribution in [0, 0.1) is 62.1 Å². The molecule has 0 aromatic heterocycles. The molecule has 5 saturated carbocycles. The summed E-state index contributed by atoms with van der Waals surface area (Å²) in [6, 6.07) is 0. The van der Waals surface area contributed by atoms with Gasteiger partial charge in [-0.1, -0.05) is 73.3 Å². The fourth-order valence-corrected chi connectivity index (χ4v) is 14.5. The third kappa shape index (κ3) is 7.37. The number of carbonyl (C=O) groups is 4. The number of carboxylic acids is 1. The molecule has 57 heavy (non-hydrogen) atoms. The number of aliphatic hydroxyl groups excluding tert-OH is 1. The number of amides is 1. The minimum absolute atomic E-state index is 0.0127. The number of nitrogens with zero attached hydrogens (tertiary/aromatic N) is 2. The molecule has 2 unspecified atom stereocenters. The summed E-state index contributed by atoms with van der Waals surface area (Å²) >= 11 is 0. The first kappa shape index (κ1) is 44.3. The Hall–Kier alpha value is -2.26. The van der Waals surface area contributed by atoms with Gasteiger partial charge in [0, 0.05) is 42.8 Å². The number of aliphatic carboxylic acids is 1. The number of likely N-dealkylation sites (N-methyl/N-ethyl adjacent to an activating group) is 1. The lowest BCUT2D eigenvalue weighted by Gasteiger charge is -2.72. The van der Waals surface area contributed by atoms with E-state index in [9.17, 15) is 29.4 Å². The number of Topliss-reactive ketones (excluding diaryl/α,β-unsaturated/α-hetero) is 1. The Morgan fingerprint density at radius 2 is 1.51 bits per heavy atom. The minimum Gasteiger partial charge on any atom is -0.481 e. The number of aliphatic hydroxyl groups is 1. The highest BCUT2D eigenvalue weighted by atomic mass is 16.5. The zero-order valence-electron chi connectivity index (χ0n) is 37.6. The number of rotatable bonds is 12. The number of hydrogen-bond donors (Lipinski definition) is 2. The minimum atomic E-state index is -1.18. The van der Waals surface area contributed by atoms with Crippen molar-refractivity contribution >= 4 is 23.6 Å². The van der Waals surface area contributed by atoms with Crippen LogP contribution < -0.4 is 0 Å². The number of allylic oxidation sites excluding steroid dienone is 1. The largest absolute Gasteiger partial charge is 0.481 e. The van der Waals surface area contributed by atoms with E-state index in [1.807, 2.05) is 19.0 Å². The van der Waals surface area contributed by atoms with Crippen molar-refractivity contribution in [1.29, 1.82) is 0 Å². The maximum absolute atomic E-state index is 14.3. The van der Waals surface area contributed by atoms with Crippen LogP contribution >= 0.6 is 0 Å². The molecule has 6 aliphatic rings. The predicted molar refractivity (Wildman–Crippen MR) is 223 cm³/mol. The van der Waals surface area contributed by atoms with Gasteiger partial charge in [-0.2, -0.15) is 0 Å². The number of esters is 1. The number of carbonyl (C=O) groups excluding carboxylic acids is 3. The fraction of sp³-hybridized carbons (Fsp3) is 0.875. The monoisotopic (exact) mass is 795 g/mol. The van der Waals surface area contributed by atoms with Gasteiger partial charge in [0.25, 0.3) is 0 Å². The Bertz CT molecular complexity index is 1610. The van der Waals surface area contributed by atoms with E-state index in [0.717, 1.165) is 89.2 Å². The molecule has 1 amide bonds. The molecule has 6 rings (SSSR count). The molecule has 0 heterocycles. The first-order valence-corrected chi connectivity index (χ1v) is 22.8. The number of hydrogen-bond acceptors (Lipinski definition) is 7. The maximum atomic E-state index is 14.3. The quantitative estimate of drug-likeness (QED) is 0.188. The zero-order chi connectivity index (χ0) is 42.1. The van der Waals surface area contributed by atoms with Crippen molar-refractivity contribution in [2.24, 2.45) is 62.1 Å². The lowest BCUT2D eigenvalue weighted by Crippen LogP contribution is -2.66. The van der Waals surface area contributed by atoms with Crippen LogP contribution in [0.2, 0.25) is 0 Å². The van der Waals surface area contributed by atoms with E-state index < -0.39 is 28.9 Å². The van der Waals surface area contributed by atoms with Crippen LogP contribution in [0.4, 0.5) is 0 Å². The van der Waals surface area contributed by atoms with Gasteiger partial charge in [-0.15, -0.1) is 0 Å². The van der Waals surface area contributed by atoms with Crippen molar-refractivity contribution in [3.05, 3.63) is 11.1 Å². The Labute approximate surface area is 344 Å². The van der Waals surface area contributed by atoms with E-state index in [4.69, 9.17) is 4.74 Å². The molecule has 0 radical (unpaired) electrons. The van der Waals surface area contributed by atoms with Crippen molar-refractivity contribution in [2.45, 2.75) is 171 Å². The summed E-state index contributed by atoms with van der Waals surface area (Å²) < 4.78 is 6.19. The first-order chi connectivity index (χ1) is 26.5. The van der Waals surface area contributed by atoms with Gasteiger partial charge >= 0.3 is 11.9 Å². The molecule has 0 aliphatic heterocycles. The van der Waals surface area contributed by atoms with Gasteiger partial charge in [-0.3, -0.25) is 19.2 Å². The highest BCUT2D eigenvalue weighted by Crippen LogP contribution is 2.77. The van der Waals surface area contributed by atoms with Crippen molar-refractivity contribution < 1.29 is 34.1 Å². The average molecular weight is 795 g/mol. The van der Waals surface area contributed by atoms with Gasteiger partial charge in [-0.05, 0) is 138 Å². The van der Waals surface area contributed by atoms with Crippen LogP contribution in [0.15, 0.2) is 11.1 Å². The smallest absolute Gasteiger partial charge is 0.309 e. The Morgan fingerprint density at radius 1 is 0.842 bits per heavy atom. The van der Waals surface area contributed by atoms with Gasteiger partial charge in [0.15, 0.2) is 5.78 Å². The normalized spacial score (nSPS) is 37.3. The molecular formula is C48H78N2O7. The van der Waals surface area contributed by atoms with Gasteiger partial charge in [0.1, 0.15) is 6.10 Å². The lowest BCUT2D eigenvalue weighted by atomic mass is 9.33. The molecular weight excluding hydrogens is 717 g/mol. The molecule has 9 atom stereocenters. The van der Waals surface area contributed by atoms with Gasteiger partial charge < -0.3 is 24.7 Å². The molecule has 322 valence electrons. The standard InChI is InChI=1S/C48H78N2O7/c1-30(2)39-33(51)27-48(36(52)29-50(26-25-49(10)11)41(54)31-15-13-12-14-16-31)24-23-46(8)32(40(39)48)17-18-35-45(7)21-20-37(57-38(53)28-43(3,4)42(55)56)44(5,6)34(45)19-22-47(35,46)9/h30-32,34-37,52H,12-29H2,1-11H3,(H,55,56)/t32-,34?,35-,36?,37+,45+,46-,47-,48+/m1/s1. The fourth-order valence-electron chi connectivity index (χ4n) is 14.5. The topological polar surface area (TPSA) is 124 Å². The van der Waals surface area contributed by atoms with Crippen LogP contribution in [0.25, 0.3) is 0 Å². The second kappa shape index (κ2) is 15.6. The molecule has 0 aromatic carbocycles. The molecule has 0 aromatic rings. The zero-order valence-corrected chi connectivity index (χ0v) is 37.6. The van der Waals surface area contributed by atoms with E-state index in [1.165, 1.54) is 12.0 Å². The SMILES string of the molecule is CC(C)C1=C2[C@H]3CC[C@@H]4[C@@]5(C)CC[C@H](OC(=O)CC(C)(C)C(=O)O)C(C)(C)C5CC[C@@]4(C)[C@]3(C)CC[C@@]2(C(O)CN(CCN(C)C)C(=O)C2CCCCC2)CC1=O. The summed E-state index contributed by atoms with van der Waals surface area (Å²) in [5.74, 6) is 0.0470. The summed E-state index contributed by atoms with van der Waals surface area (Å²) in [5.41, 5.74) is 0.103. The Morgan fingerprint density at radius 3 is 2.12 bits per heavy atom.